The number of rotatable bonds is 6. The molecule has 1 saturated heterocycles. The van der Waals surface area contributed by atoms with E-state index in [-0.39, 0.29) is 11.9 Å². The van der Waals surface area contributed by atoms with Gasteiger partial charge in [-0.05, 0) is 56.4 Å². The first-order chi connectivity index (χ1) is 14.7. The lowest BCUT2D eigenvalue weighted by Crippen LogP contribution is -2.48. The van der Waals surface area contributed by atoms with E-state index < -0.39 is 11.1 Å². The number of nitrogens with one attached hydrogen (secondary N) is 1. The number of esters is 1. The average molecular weight is 425 g/mol. The minimum absolute atomic E-state index is 0.0521. The quantitative estimate of drug-likeness (QED) is 0.688. The number of carbonyl (C=O) groups is 2. The summed E-state index contributed by atoms with van der Waals surface area (Å²) in [5.41, 5.74) is 8.52. The molecule has 1 fully saturated rings. The fraction of sp³-hybridized carbons (Fsp3) is 0.440. The van der Waals surface area contributed by atoms with Gasteiger partial charge in [-0.15, -0.1) is 0 Å². The van der Waals surface area contributed by atoms with Crippen LogP contribution in [0.1, 0.15) is 56.0 Å². The van der Waals surface area contributed by atoms with Crippen LogP contribution >= 0.6 is 0 Å². The van der Waals surface area contributed by atoms with Crippen molar-refractivity contribution >= 4 is 11.9 Å². The molecule has 0 aromatic heterocycles. The summed E-state index contributed by atoms with van der Waals surface area (Å²) in [6.07, 6.45) is 1.70. The summed E-state index contributed by atoms with van der Waals surface area (Å²) in [7, 11) is 0. The molecule has 0 aliphatic carbocycles. The van der Waals surface area contributed by atoms with E-state index >= 15 is 0 Å². The van der Waals surface area contributed by atoms with Crippen LogP contribution in [0.3, 0.4) is 0 Å². The van der Waals surface area contributed by atoms with E-state index in [0.29, 0.717) is 44.6 Å². The lowest BCUT2D eigenvalue weighted by Gasteiger charge is -2.32. The molecule has 0 radical (unpaired) electrons. The van der Waals surface area contributed by atoms with Gasteiger partial charge in [-0.25, -0.2) is 4.79 Å². The van der Waals surface area contributed by atoms with Crippen molar-refractivity contribution in [3.63, 3.8) is 0 Å². The molecule has 0 saturated carbocycles. The summed E-state index contributed by atoms with van der Waals surface area (Å²) in [5.74, 6) is -0.396. The van der Waals surface area contributed by atoms with E-state index in [4.69, 9.17) is 15.2 Å². The summed E-state index contributed by atoms with van der Waals surface area (Å²) in [5, 5.41) is 2.95. The molecular weight excluding hydrogens is 392 g/mol. The highest BCUT2D eigenvalue weighted by Gasteiger charge is 2.30. The van der Waals surface area contributed by atoms with Gasteiger partial charge in [-0.3, -0.25) is 4.79 Å². The average Bonchev–Trinajstić information content (AvgIpc) is 2.71. The molecule has 1 aliphatic rings. The molecule has 3 rings (SSSR count). The summed E-state index contributed by atoms with van der Waals surface area (Å²) < 4.78 is 10.9. The Balaban J connectivity index is 1.63. The Kier molecular flexibility index (Phi) is 7.13. The van der Waals surface area contributed by atoms with Crippen LogP contribution in [0.15, 0.2) is 48.5 Å². The first-order valence-corrected chi connectivity index (χ1v) is 10.7. The highest BCUT2D eigenvalue weighted by Crippen LogP contribution is 2.26. The van der Waals surface area contributed by atoms with Crippen LogP contribution in [0.4, 0.5) is 0 Å². The Morgan fingerprint density at radius 2 is 1.71 bits per heavy atom. The third kappa shape index (κ3) is 6.64. The van der Waals surface area contributed by atoms with Crippen molar-refractivity contribution in [3.05, 3.63) is 59.7 Å². The molecule has 0 unspecified atom stereocenters. The fourth-order valence-corrected chi connectivity index (χ4v) is 3.59. The zero-order valence-electron chi connectivity index (χ0n) is 18.6. The lowest BCUT2D eigenvalue weighted by molar-refractivity contribution is -0.123. The van der Waals surface area contributed by atoms with Gasteiger partial charge in [0.1, 0.15) is 5.60 Å². The summed E-state index contributed by atoms with van der Waals surface area (Å²) in [6.45, 7) is 7.20. The zero-order valence-corrected chi connectivity index (χ0v) is 18.6. The molecule has 166 valence electrons. The molecule has 2 aromatic rings. The lowest BCUT2D eigenvalue weighted by atomic mass is 9.87. The van der Waals surface area contributed by atoms with Gasteiger partial charge < -0.3 is 20.5 Å². The van der Waals surface area contributed by atoms with Gasteiger partial charge in [0.15, 0.2) is 0 Å². The SMILES string of the molecule is CC(C)(C)OC(=O)c1ccccc1-c1ccc(CNC(=O)CC2(N)CCOCC2)cc1. The maximum atomic E-state index is 12.6. The normalized spacial score (nSPS) is 15.9. The van der Waals surface area contributed by atoms with Crippen LogP contribution in [0, 0.1) is 0 Å². The minimum atomic E-state index is -0.557. The van der Waals surface area contributed by atoms with Crippen LogP contribution in [-0.4, -0.2) is 36.2 Å². The van der Waals surface area contributed by atoms with Gasteiger partial charge in [0.25, 0.3) is 0 Å². The fourth-order valence-electron chi connectivity index (χ4n) is 3.59. The van der Waals surface area contributed by atoms with Crippen LogP contribution < -0.4 is 11.1 Å². The van der Waals surface area contributed by atoms with E-state index in [1.54, 1.807) is 6.07 Å². The van der Waals surface area contributed by atoms with Crippen molar-refractivity contribution in [3.8, 4) is 11.1 Å². The number of ether oxygens (including phenoxy) is 2. The molecule has 0 atom stereocenters. The third-order valence-electron chi connectivity index (χ3n) is 5.30. The van der Waals surface area contributed by atoms with Crippen molar-refractivity contribution in [1.82, 2.24) is 5.32 Å². The van der Waals surface area contributed by atoms with Gasteiger partial charge in [-0.2, -0.15) is 0 Å². The standard InChI is InChI=1S/C25H32N2O4/c1-24(2,3)31-23(29)21-7-5-4-6-20(21)19-10-8-18(9-11-19)17-27-22(28)16-25(26)12-14-30-15-13-25/h4-11H,12-17,26H2,1-3H3,(H,27,28). The van der Waals surface area contributed by atoms with Crippen LogP contribution in [0.5, 0.6) is 0 Å². The molecule has 6 nitrogen and oxygen atoms in total. The molecule has 0 bridgehead atoms. The van der Waals surface area contributed by atoms with E-state index in [2.05, 4.69) is 5.32 Å². The molecule has 31 heavy (non-hydrogen) atoms. The number of amides is 1. The number of carbonyl (C=O) groups excluding carboxylic acids is 2. The topological polar surface area (TPSA) is 90.7 Å². The van der Waals surface area contributed by atoms with Gasteiger partial charge >= 0.3 is 5.97 Å². The van der Waals surface area contributed by atoms with Crippen LogP contribution in [0.25, 0.3) is 11.1 Å². The number of benzene rings is 2. The van der Waals surface area contributed by atoms with E-state index in [1.165, 1.54) is 0 Å². The van der Waals surface area contributed by atoms with Gasteiger partial charge in [0.05, 0.1) is 5.56 Å². The van der Waals surface area contributed by atoms with Crippen LogP contribution in [0.2, 0.25) is 0 Å². The molecule has 1 aliphatic heterocycles. The second kappa shape index (κ2) is 9.62. The molecule has 1 amide bonds. The monoisotopic (exact) mass is 424 g/mol. The highest BCUT2D eigenvalue weighted by atomic mass is 16.6. The number of hydrogen-bond acceptors (Lipinski definition) is 5. The minimum Gasteiger partial charge on any atom is -0.456 e. The zero-order chi connectivity index (χ0) is 22.5. The first kappa shape index (κ1) is 23.0. The predicted octanol–water partition coefficient (Wildman–Crippen LogP) is 3.82. The smallest absolute Gasteiger partial charge is 0.339 e. The number of hydrogen-bond donors (Lipinski definition) is 2. The second-order valence-corrected chi connectivity index (χ2v) is 9.17. The molecule has 6 heteroatoms. The summed E-state index contributed by atoms with van der Waals surface area (Å²) >= 11 is 0. The van der Waals surface area contributed by atoms with Crippen molar-refractivity contribution in [2.45, 2.75) is 57.7 Å². The van der Waals surface area contributed by atoms with E-state index in [0.717, 1.165) is 16.7 Å². The van der Waals surface area contributed by atoms with E-state index in [9.17, 15) is 9.59 Å². The van der Waals surface area contributed by atoms with Gasteiger partial charge in [0.2, 0.25) is 5.91 Å². The summed E-state index contributed by atoms with van der Waals surface area (Å²) in [6, 6.07) is 15.2. The summed E-state index contributed by atoms with van der Waals surface area (Å²) in [4.78, 5) is 24.9. The van der Waals surface area contributed by atoms with Crippen molar-refractivity contribution in [1.29, 1.82) is 0 Å². The Labute approximate surface area is 184 Å². The maximum absolute atomic E-state index is 12.6. The van der Waals surface area contributed by atoms with Crippen LogP contribution in [-0.2, 0) is 20.8 Å². The first-order valence-electron chi connectivity index (χ1n) is 10.7. The van der Waals surface area contributed by atoms with Crippen molar-refractivity contribution < 1.29 is 19.1 Å². The Bertz CT molecular complexity index is 910. The molecule has 3 N–H and O–H groups in total. The van der Waals surface area contributed by atoms with E-state index in [1.807, 2.05) is 63.2 Å². The van der Waals surface area contributed by atoms with Crippen molar-refractivity contribution in [2.24, 2.45) is 5.73 Å². The van der Waals surface area contributed by atoms with Crippen molar-refractivity contribution in [2.75, 3.05) is 13.2 Å². The predicted molar refractivity (Wildman–Crippen MR) is 120 cm³/mol. The molecule has 2 aromatic carbocycles. The molecular formula is C25H32N2O4. The highest BCUT2D eigenvalue weighted by molar-refractivity contribution is 5.97. The maximum Gasteiger partial charge on any atom is 0.339 e. The Hall–Kier alpha value is -2.70. The molecule has 1 heterocycles. The Morgan fingerprint density at radius 3 is 2.35 bits per heavy atom. The molecule has 0 spiro atoms. The van der Waals surface area contributed by atoms with Gasteiger partial charge in [0, 0.05) is 31.7 Å². The van der Waals surface area contributed by atoms with Gasteiger partial charge in [-0.1, -0.05) is 42.5 Å². The second-order valence-electron chi connectivity index (χ2n) is 9.17. The number of nitrogens with two attached hydrogens (primary N) is 1. The Morgan fingerprint density at radius 1 is 1.06 bits per heavy atom. The third-order valence-corrected chi connectivity index (χ3v) is 5.30. The largest absolute Gasteiger partial charge is 0.456 e.